The Morgan fingerprint density at radius 3 is 2.57 bits per heavy atom. The Morgan fingerprint density at radius 2 is 1.84 bits per heavy atom. The van der Waals surface area contributed by atoms with Gasteiger partial charge in [-0.3, -0.25) is 23.8 Å². The molecule has 6 rings (SSSR count). The molecule has 0 unspecified atom stereocenters. The summed E-state index contributed by atoms with van der Waals surface area (Å²) in [4.78, 5) is 41.8. The van der Waals surface area contributed by atoms with Crippen LogP contribution in [0.4, 0.5) is 13.2 Å². The summed E-state index contributed by atoms with van der Waals surface area (Å²) in [6.07, 6.45) is 2.93. The number of piperidine rings is 1. The number of amides is 2. The van der Waals surface area contributed by atoms with Gasteiger partial charge in [0.15, 0.2) is 0 Å². The predicted molar refractivity (Wildman–Crippen MR) is 159 cm³/mol. The number of nitrogens with zero attached hydrogens (tertiary/aromatic N) is 5. The van der Waals surface area contributed by atoms with Crippen molar-refractivity contribution in [1.82, 2.24) is 29.1 Å². The Labute approximate surface area is 256 Å². The molecule has 232 valence electrons. The van der Waals surface area contributed by atoms with Crippen LogP contribution in [0, 0.1) is 0 Å². The number of halogens is 4. The molecule has 4 heterocycles. The van der Waals surface area contributed by atoms with E-state index in [1.54, 1.807) is 32.5 Å². The highest BCUT2D eigenvalue weighted by molar-refractivity contribution is 6.35. The lowest BCUT2D eigenvalue weighted by molar-refractivity contribution is -0.162. The van der Waals surface area contributed by atoms with Crippen molar-refractivity contribution in [2.45, 2.75) is 63.2 Å². The van der Waals surface area contributed by atoms with Crippen LogP contribution in [0.3, 0.4) is 0 Å². The lowest BCUT2D eigenvalue weighted by atomic mass is 9.87. The maximum absolute atomic E-state index is 13.3. The number of alkyl halides is 3. The molecule has 0 radical (unpaired) electrons. The van der Waals surface area contributed by atoms with E-state index >= 15 is 0 Å². The number of aromatic nitrogens is 4. The van der Waals surface area contributed by atoms with Gasteiger partial charge in [0.1, 0.15) is 6.54 Å². The van der Waals surface area contributed by atoms with Gasteiger partial charge in [0.25, 0.3) is 0 Å². The fourth-order valence-electron chi connectivity index (χ4n) is 6.54. The maximum Gasteiger partial charge on any atom is 0.406 e. The summed E-state index contributed by atoms with van der Waals surface area (Å²) in [6, 6.07) is 11.1. The molecule has 0 spiro atoms. The fraction of sp³-hybridized carbons (Fsp3) is 0.419. The van der Waals surface area contributed by atoms with Gasteiger partial charge in [0.05, 0.1) is 22.4 Å². The third kappa shape index (κ3) is 6.12. The van der Waals surface area contributed by atoms with Gasteiger partial charge in [0.2, 0.25) is 11.8 Å². The van der Waals surface area contributed by atoms with Crippen LogP contribution >= 0.6 is 11.6 Å². The van der Waals surface area contributed by atoms with Crippen LogP contribution < -0.4 is 5.69 Å². The van der Waals surface area contributed by atoms with E-state index in [-0.39, 0.29) is 42.9 Å². The lowest BCUT2D eigenvalue weighted by Crippen LogP contribution is -2.40. The lowest BCUT2D eigenvalue weighted by Gasteiger charge is -2.32. The zero-order chi connectivity index (χ0) is 31.0. The number of imidazole rings is 1. The Morgan fingerprint density at radius 1 is 1.09 bits per heavy atom. The number of carbonyl (C=O) groups excluding carboxylic acids is 2. The molecule has 2 aliphatic rings. The van der Waals surface area contributed by atoms with Crippen molar-refractivity contribution in [3.63, 3.8) is 0 Å². The highest BCUT2D eigenvalue weighted by Gasteiger charge is 2.37. The predicted octanol–water partition coefficient (Wildman–Crippen LogP) is 5.58. The third-order valence-electron chi connectivity index (χ3n) is 8.76. The summed E-state index contributed by atoms with van der Waals surface area (Å²) in [5, 5.41) is 7.79. The van der Waals surface area contributed by atoms with Crippen molar-refractivity contribution >= 4 is 34.3 Å². The minimum atomic E-state index is -4.53. The first-order valence-corrected chi connectivity index (χ1v) is 15.1. The number of H-pyrrole nitrogens is 1. The molecular formula is C31H32ClF3N6O3. The summed E-state index contributed by atoms with van der Waals surface area (Å²) >= 11 is 6.48. The van der Waals surface area contributed by atoms with E-state index in [0.29, 0.717) is 60.3 Å². The van der Waals surface area contributed by atoms with Gasteiger partial charge in [-0.25, -0.2) is 4.79 Å². The maximum atomic E-state index is 13.3. The summed E-state index contributed by atoms with van der Waals surface area (Å²) in [5.74, 6) is -0.979. The number of para-hydroxylation sites is 1. The molecule has 2 aromatic carbocycles. The van der Waals surface area contributed by atoms with Crippen LogP contribution in [0.2, 0.25) is 5.02 Å². The van der Waals surface area contributed by atoms with Crippen LogP contribution in [0.25, 0.3) is 16.6 Å². The second kappa shape index (κ2) is 12.1. The number of rotatable bonds is 7. The number of hydrogen-bond acceptors (Lipinski definition) is 4. The molecule has 2 aliphatic heterocycles. The SMILES string of the molecule is O=C(CCC[C@H]1CC(=O)N(CC(F)(F)F)Cc2c1cc(Cl)c1[nH]ncc21)N1CCC(n2ccn(-c3ccccc3)c2=O)CC1. The number of carbonyl (C=O) groups is 2. The van der Waals surface area contributed by atoms with Crippen LogP contribution in [0.1, 0.15) is 61.6 Å². The highest BCUT2D eigenvalue weighted by Crippen LogP contribution is 2.40. The molecule has 0 bridgehead atoms. The van der Waals surface area contributed by atoms with E-state index in [4.69, 9.17) is 11.6 Å². The van der Waals surface area contributed by atoms with Crippen molar-refractivity contribution < 1.29 is 22.8 Å². The second-order valence-electron chi connectivity index (χ2n) is 11.5. The number of fused-ring (bicyclic) bond motifs is 3. The van der Waals surface area contributed by atoms with Crippen molar-refractivity contribution in [2.24, 2.45) is 0 Å². The van der Waals surface area contributed by atoms with E-state index in [1.807, 2.05) is 30.3 Å². The van der Waals surface area contributed by atoms with E-state index in [0.717, 1.165) is 16.2 Å². The third-order valence-corrected chi connectivity index (χ3v) is 9.06. The van der Waals surface area contributed by atoms with Gasteiger partial charge in [-0.2, -0.15) is 18.3 Å². The second-order valence-corrected chi connectivity index (χ2v) is 12.0. The zero-order valence-electron chi connectivity index (χ0n) is 23.9. The van der Waals surface area contributed by atoms with Gasteiger partial charge < -0.3 is 9.80 Å². The number of hydrogen-bond donors (Lipinski definition) is 1. The van der Waals surface area contributed by atoms with E-state index in [2.05, 4.69) is 10.2 Å². The van der Waals surface area contributed by atoms with E-state index in [9.17, 15) is 27.6 Å². The summed E-state index contributed by atoms with van der Waals surface area (Å²) in [5.41, 5.74) is 2.53. The largest absolute Gasteiger partial charge is 0.406 e. The molecule has 0 aliphatic carbocycles. The minimum absolute atomic E-state index is 0.00540. The molecule has 44 heavy (non-hydrogen) atoms. The molecule has 4 aromatic rings. The summed E-state index contributed by atoms with van der Waals surface area (Å²) in [6.45, 7) is -0.476. The Hall–Kier alpha value is -4.06. The molecule has 1 saturated heterocycles. The standard InChI is InChI=1S/C31H32ClF3N6O3/c32-26-16-23-20(15-28(43)39(19-31(33,34)35)18-25(23)24-17-36-37-29(24)26)5-4-8-27(42)38-11-9-22(10-12-38)41-14-13-40(30(41)44)21-6-2-1-3-7-21/h1-3,6-7,13-14,16-17,20,22H,4-5,8-12,15,18-19H2,(H,36,37)/t20-/m0/s1. The Kier molecular flexibility index (Phi) is 8.28. The Bertz CT molecular complexity index is 1720. The van der Waals surface area contributed by atoms with Gasteiger partial charge in [-0.1, -0.05) is 29.8 Å². The van der Waals surface area contributed by atoms with Gasteiger partial charge in [0, 0.05) is 56.3 Å². The highest BCUT2D eigenvalue weighted by atomic mass is 35.5. The van der Waals surface area contributed by atoms with Crippen molar-refractivity contribution in [3.05, 3.63) is 81.6 Å². The number of nitrogens with one attached hydrogen (secondary N) is 1. The monoisotopic (exact) mass is 628 g/mol. The average molecular weight is 629 g/mol. The minimum Gasteiger partial charge on any atom is -0.343 e. The zero-order valence-corrected chi connectivity index (χ0v) is 24.7. The first-order chi connectivity index (χ1) is 21.1. The van der Waals surface area contributed by atoms with Gasteiger partial charge >= 0.3 is 11.9 Å². The molecule has 1 atom stereocenters. The van der Waals surface area contributed by atoms with E-state index in [1.165, 1.54) is 6.20 Å². The molecule has 9 nitrogen and oxygen atoms in total. The molecule has 13 heteroatoms. The average Bonchev–Trinajstić information content (AvgIpc) is 3.62. The van der Waals surface area contributed by atoms with E-state index < -0.39 is 18.6 Å². The number of likely N-dealkylation sites (tertiary alicyclic amines) is 1. The van der Waals surface area contributed by atoms with Crippen molar-refractivity contribution in [1.29, 1.82) is 0 Å². The summed E-state index contributed by atoms with van der Waals surface area (Å²) < 4.78 is 43.3. The van der Waals surface area contributed by atoms with Crippen molar-refractivity contribution in [2.75, 3.05) is 19.6 Å². The van der Waals surface area contributed by atoms with Crippen molar-refractivity contribution in [3.8, 4) is 5.69 Å². The number of aromatic amines is 1. The smallest absolute Gasteiger partial charge is 0.343 e. The first kappa shape index (κ1) is 30.0. The normalized spacial score (nSPS) is 18.1. The van der Waals surface area contributed by atoms with Gasteiger partial charge in [-0.05, 0) is 60.9 Å². The summed E-state index contributed by atoms with van der Waals surface area (Å²) in [7, 11) is 0. The molecular weight excluding hydrogens is 597 g/mol. The quantitative estimate of drug-likeness (QED) is 0.289. The van der Waals surface area contributed by atoms with Crippen LogP contribution in [-0.2, 0) is 16.1 Å². The molecule has 2 amide bonds. The van der Waals surface area contributed by atoms with Crippen LogP contribution in [0.5, 0.6) is 0 Å². The first-order valence-electron chi connectivity index (χ1n) is 14.7. The van der Waals surface area contributed by atoms with Gasteiger partial charge in [-0.15, -0.1) is 0 Å². The van der Waals surface area contributed by atoms with Crippen LogP contribution in [-0.4, -0.2) is 66.8 Å². The topological polar surface area (TPSA) is 96.2 Å². The molecule has 1 N–H and O–H groups in total. The molecule has 1 fully saturated rings. The Balaban J connectivity index is 1.09. The number of benzene rings is 2. The molecule has 0 saturated carbocycles. The molecule has 2 aromatic heterocycles. The van der Waals surface area contributed by atoms with Crippen LogP contribution in [0.15, 0.2) is 59.8 Å². The fourth-order valence-corrected chi connectivity index (χ4v) is 6.80.